The van der Waals surface area contributed by atoms with Gasteiger partial charge in [0.15, 0.2) is 11.5 Å². The van der Waals surface area contributed by atoms with Crippen molar-refractivity contribution >= 4 is 46.7 Å². The second-order valence-corrected chi connectivity index (χ2v) is 9.85. The van der Waals surface area contributed by atoms with E-state index in [0.29, 0.717) is 18.0 Å². The number of unbranched alkanes of at least 4 members (excludes halogenated alkanes) is 1. The Labute approximate surface area is 218 Å². The van der Waals surface area contributed by atoms with E-state index in [1.54, 1.807) is 0 Å². The van der Waals surface area contributed by atoms with E-state index < -0.39 is 35.8 Å². The van der Waals surface area contributed by atoms with Crippen LogP contribution in [-0.4, -0.2) is 77.1 Å². The average molecular weight is 537 g/mol. The minimum atomic E-state index is -1.16. The number of carbonyl (C=O) groups excluding carboxylic acids is 3. The summed E-state index contributed by atoms with van der Waals surface area (Å²) in [5.41, 5.74) is 0.735. The molecule has 0 saturated carbocycles. The maximum absolute atomic E-state index is 13.5. The predicted octanol–water partition coefficient (Wildman–Crippen LogP) is 3.21. The number of nitrogens with zero attached hydrogens (tertiary/aromatic N) is 2. The molecule has 2 heterocycles. The Balaban J connectivity index is 1.78. The van der Waals surface area contributed by atoms with Gasteiger partial charge in [0.2, 0.25) is 0 Å². The molecule has 1 aromatic heterocycles. The van der Waals surface area contributed by atoms with Crippen molar-refractivity contribution in [3.8, 4) is 10.6 Å². The van der Waals surface area contributed by atoms with E-state index in [9.17, 15) is 24.3 Å². The van der Waals surface area contributed by atoms with Crippen LogP contribution in [-0.2, 0) is 14.3 Å². The van der Waals surface area contributed by atoms with Crippen molar-refractivity contribution in [1.82, 2.24) is 20.5 Å². The number of amides is 2. The number of carboxylic acid groups (broad SMARTS) is 1. The molecular weight excluding hydrogens is 508 g/mol. The molecule has 1 fully saturated rings. The van der Waals surface area contributed by atoms with Gasteiger partial charge >= 0.3 is 12.1 Å². The molecule has 0 bridgehead atoms. The Morgan fingerprint density at radius 3 is 2.75 bits per heavy atom. The highest BCUT2D eigenvalue weighted by Gasteiger charge is 2.38. The topological polar surface area (TPSA) is 138 Å². The molecule has 1 saturated heterocycles. The normalized spacial score (nSPS) is 16.3. The van der Waals surface area contributed by atoms with Crippen LogP contribution in [0.2, 0.25) is 4.34 Å². The van der Waals surface area contributed by atoms with Crippen LogP contribution in [0, 0.1) is 0 Å². The van der Waals surface area contributed by atoms with Crippen molar-refractivity contribution in [2.45, 2.75) is 44.7 Å². The molecule has 2 amide bonds. The van der Waals surface area contributed by atoms with E-state index >= 15 is 0 Å². The quantitative estimate of drug-likeness (QED) is 0.372. The smallest absolute Gasteiger partial charge is 0.410 e. The van der Waals surface area contributed by atoms with Gasteiger partial charge in [0.05, 0.1) is 12.6 Å². The summed E-state index contributed by atoms with van der Waals surface area (Å²) in [7, 11) is 0. The lowest BCUT2D eigenvalue weighted by Crippen LogP contribution is -2.61. The minimum Gasteiger partial charge on any atom is -0.481 e. The monoisotopic (exact) mass is 536 g/mol. The zero-order chi connectivity index (χ0) is 26.1. The van der Waals surface area contributed by atoms with Gasteiger partial charge in [-0.05, 0) is 12.8 Å². The maximum atomic E-state index is 13.5. The first-order valence-corrected chi connectivity index (χ1v) is 12.9. The number of carboxylic acids is 1. The fourth-order valence-corrected chi connectivity index (χ4v) is 4.86. The average Bonchev–Trinajstić information content (AvgIpc) is 3.28. The van der Waals surface area contributed by atoms with Gasteiger partial charge in [-0.25, -0.2) is 9.78 Å². The SMILES string of the molecule is CCCCOC(=O)N1CCNCC1C(=O)[C@H](CCC(=O)O)NC(=O)c1nc(-c2ccccc2)sc1Cl. The van der Waals surface area contributed by atoms with Gasteiger partial charge in [-0.1, -0.05) is 55.3 Å². The number of rotatable bonds is 11. The lowest BCUT2D eigenvalue weighted by Gasteiger charge is -2.36. The third kappa shape index (κ3) is 7.25. The summed E-state index contributed by atoms with van der Waals surface area (Å²) >= 11 is 7.42. The molecule has 0 radical (unpaired) electrons. The lowest BCUT2D eigenvalue weighted by atomic mass is 9.98. The first kappa shape index (κ1) is 27.6. The summed E-state index contributed by atoms with van der Waals surface area (Å²) in [5.74, 6) is -2.29. The molecule has 2 atom stereocenters. The Hall–Kier alpha value is -3.02. The zero-order valence-electron chi connectivity index (χ0n) is 19.9. The largest absolute Gasteiger partial charge is 0.481 e. The van der Waals surface area contributed by atoms with E-state index in [1.165, 1.54) is 4.90 Å². The summed E-state index contributed by atoms with van der Waals surface area (Å²) in [6.07, 6.45) is 0.445. The van der Waals surface area contributed by atoms with Crippen molar-refractivity contribution in [3.05, 3.63) is 40.4 Å². The van der Waals surface area contributed by atoms with E-state index in [2.05, 4.69) is 15.6 Å². The Kier molecular flexibility index (Phi) is 10.2. The van der Waals surface area contributed by atoms with Crippen LogP contribution >= 0.6 is 22.9 Å². The molecule has 12 heteroatoms. The molecule has 0 aliphatic carbocycles. The summed E-state index contributed by atoms with van der Waals surface area (Å²) in [4.78, 5) is 56.1. The second-order valence-electron chi connectivity index (χ2n) is 8.25. The van der Waals surface area contributed by atoms with Crippen molar-refractivity contribution in [1.29, 1.82) is 0 Å². The highest BCUT2D eigenvalue weighted by Crippen LogP contribution is 2.31. The molecule has 36 heavy (non-hydrogen) atoms. The number of carbonyl (C=O) groups is 4. The number of ether oxygens (including phenoxy) is 1. The van der Waals surface area contributed by atoms with Crippen LogP contribution in [0.15, 0.2) is 30.3 Å². The number of hydrogen-bond acceptors (Lipinski definition) is 8. The highest BCUT2D eigenvalue weighted by molar-refractivity contribution is 7.19. The number of nitrogens with one attached hydrogen (secondary N) is 2. The van der Waals surface area contributed by atoms with Gasteiger partial charge in [0.25, 0.3) is 5.91 Å². The lowest BCUT2D eigenvalue weighted by molar-refractivity contribution is -0.137. The van der Waals surface area contributed by atoms with Crippen molar-refractivity contribution in [2.75, 3.05) is 26.2 Å². The molecule has 3 rings (SSSR count). The molecule has 2 aromatic rings. The number of benzene rings is 1. The first-order valence-electron chi connectivity index (χ1n) is 11.7. The summed E-state index contributed by atoms with van der Waals surface area (Å²) in [5, 5.41) is 15.4. The molecule has 3 N–H and O–H groups in total. The molecule has 10 nitrogen and oxygen atoms in total. The number of aromatic nitrogens is 1. The summed E-state index contributed by atoms with van der Waals surface area (Å²) in [6, 6.07) is 7.11. The van der Waals surface area contributed by atoms with Gasteiger partial charge in [-0.3, -0.25) is 19.3 Å². The Bertz CT molecular complexity index is 1080. The van der Waals surface area contributed by atoms with Gasteiger partial charge in [0, 0.05) is 31.6 Å². The Morgan fingerprint density at radius 2 is 2.06 bits per heavy atom. The third-order valence-corrected chi connectivity index (χ3v) is 6.95. The molecule has 1 aliphatic rings. The van der Waals surface area contributed by atoms with E-state index in [1.807, 2.05) is 37.3 Å². The van der Waals surface area contributed by atoms with Gasteiger partial charge in [-0.15, -0.1) is 11.3 Å². The van der Waals surface area contributed by atoms with Crippen LogP contribution in [0.1, 0.15) is 43.1 Å². The summed E-state index contributed by atoms with van der Waals surface area (Å²) < 4.78 is 5.44. The molecular formula is C24H29ClN4O6S. The van der Waals surface area contributed by atoms with Gasteiger partial charge in [-0.2, -0.15) is 0 Å². The second kappa shape index (κ2) is 13.3. The Morgan fingerprint density at radius 1 is 1.31 bits per heavy atom. The van der Waals surface area contributed by atoms with Crippen LogP contribution in [0.25, 0.3) is 10.6 Å². The number of piperazine rings is 1. The number of aliphatic carboxylic acids is 1. The zero-order valence-corrected chi connectivity index (χ0v) is 21.4. The van der Waals surface area contributed by atoms with Crippen molar-refractivity contribution in [2.24, 2.45) is 0 Å². The number of ketones is 1. The van der Waals surface area contributed by atoms with Crippen LogP contribution < -0.4 is 10.6 Å². The van der Waals surface area contributed by atoms with Crippen LogP contribution in [0.4, 0.5) is 4.79 Å². The standard InChI is InChI=1S/C24H29ClN4O6S/c1-2-3-13-35-24(34)29-12-11-26-14-17(29)20(32)16(9-10-18(30)31)27-22(33)19-21(25)36-23(28-19)15-7-5-4-6-8-15/h4-8,16-17,26H,2-3,9-14H2,1H3,(H,27,33)(H,30,31)/t16-,17?/m0/s1. The van der Waals surface area contributed by atoms with E-state index in [0.717, 1.165) is 23.3 Å². The summed E-state index contributed by atoms with van der Waals surface area (Å²) in [6.45, 7) is 3.11. The first-order chi connectivity index (χ1) is 17.3. The molecule has 1 aromatic carbocycles. The van der Waals surface area contributed by atoms with Gasteiger partial charge in [0.1, 0.15) is 15.4 Å². The van der Waals surface area contributed by atoms with Gasteiger partial charge < -0.3 is 20.5 Å². The fourth-order valence-electron chi connectivity index (χ4n) is 3.72. The number of hydrogen-bond donors (Lipinski definition) is 3. The van der Waals surface area contributed by atoms with Crippen molar-refractivity contribution < 1.29 is 29.0 Å². The highest BCUT2D eigenvalue weighted by atomic mass is 35.5. The van der Waals surface area contributed by atoms with Crippen LogP contribution in [0.3, 0.4) is 0 Å². The number of Topliss-reactive ketones (excluding diaryl/α,β-unsaturated/α-hetero) is 1. The number of halogens is 1. The predicted molar refractivity (Wildman–Crippen MR) is 135 cm³/mol. The van der Waals surface area contributed by atoms with Crippen LogP contribution in [0.5, 0.6) is 0 Å². The fraction of sp³-hybridized carbons (Fsp3) is 0.458. The van der Waals surface area contributed by atoms with Crippen molar-refractivity contribution in [3.63, 3.8) is 0 Å². The van der Waals surface area contributed by atoms with E-state index in [-0.39, 0.29) is 42.6 Å². The minimum absolute atomic E-state index is 0.0498. The maximum Gasteiger partial charge on any atom is 0.410 e. The molecule has 1 aliphatic heterocycles. The number of thiazole rings is 1. The van der Waals surface area contributed by atoms with E-state index in [4.69, 9.17) is 16.3 Å². The molecule has 194 valence electrons. The molecule has 0 spiro atoms. The molecule has 1 unspecified atom stereocenters. The third-order valence-electron chi connectivity index (χ3n) is 5.65.